The third-order valence-corrected chi connectivity index (χ3v) is 3.03. The number of aromatic nitrogens is 3. The van der Waals surface area contributed by atoms with Gasteiger partial charge in [-0.2, -0.15) is 5.10 Å². The molecule has 4 nitrogen and oxygen atoms in total. The fourth-order valence-electron chi connectivity index (χ4n) is 1.39. The summed E-state index contributed by atoms with van der Waals surface area (Å²) >= 11 is 1.41. The van der Waals surface area contributed by atoms with Gasteiger partial charge in [0.05, 0.1) is 22.1 Å². The highest BCUT2D eigenvalue weighted by molar-refractivity contribution is 7.22. The van der Waals surface area contributed by atoms with Crippen molar-refractivity contribution < 1.29 is 4.39 Å². The van der Waals surface area contributed by atoms with Gasteiger partial charge in [0.2, 0.25) is 0 Å². The molecule has 3 rings (SSSR count). The molecule has 0 radical (unpaired) electrons. The SMILES string of the molecule is Fc1ccc2nc(Nc3cn[nH]c3)sc2c1. The first-order valence-corrected chi connectivity index (χ1v) is 5.45. The van der Waals surface area contributed by atoms with Crippen molar-refractivity contribution in [2.24, 2.45) is 0 Å². The van der Waals surface area contributed by atoms with Crippen LogP contribution < -0.4 is 5.32 Å². The molecule has 2 aromatic heterocycles. The zero-order valence-corrected chi connectivity index (χ0v) is 8.88. The molecule has 0 saturated heterocycles. The quantitative estimate of drug-likeness (QED) is 0.716. The molecule has 0 amide bonds. The number of H-pyrrole nitrogens is 1. The Morgan fingerprint density at radius 1 is 1.38 bits per heavy atom. The topological polar surface area (TPSA) is 53.6 Å². The molecule has 0 aliphatic heterocycles. The predicted octanol–water partition coefficient (Wildman–Crippen LogP) is 2.90. The molecular formula is C10H7FN4S. The first-order chi connectivity index (χ1) is 7.81. The Bertz CT molecular complexity index is 617. The van der Waals surface area contributed by atoms with Gasteiger partial charge in [-0.1, -0.05) is 11.3 Å². The predicted molar refractivity (Wildman–Crippen MR) is 61.4 cm³/mol. The second kappa shape index (κ2) is 3.57. The van der Waals surface area contributed by atoms with E-state index in [1.807, 2.05) is 0 Å². The molecule has 80 valence electrons. The Morgan fingerprint density at radius 3 is 3.12 bits per heavy atom. The monoisotopic (exact) mass is 234 g/mol. The van der Waals surface area contributed by atoms with Gasteiger partial charge in [0, 0.05) is 6.20 Å². The largest absolute Gasteiger partial charge is 0.329 e. The minimum atomic E-state index is -0.244. The molecule has 0 fully saturated rings. The first kappa shape index (κ1) is 9.29. The van der Waals surface area contributed by atoms with Crippen molar-refractivity contribution >= 4 is 32.4 Å². The molecule has 0 aliphatic carbocycles. The lowest BCUT2D eigenvalue weighted by Crippen LogP contribution is -1.85. The number of hydrogen-bond acceptors (Lipinski definition) is 4. The van der Waals surface area contributed by atoms with Gasteiger partial charge in [0.1, 0.15) is 5.82 Å². The van der Waals surface area contributed by atoms with Crippen LogP contribution in [0.4, 0.5) is 15.2 Å². The Balaban J connectivity index is 1.99. The number of rotatable bonds is 2. The van der Waals surface area contributed by atoms with Gasteiger partial charge in [0.15, 0.2) is 5.13 Å². The van der Waals surface area contributed by atoms with E-state index in [2.05, 4.69) is 20.5 Å². The van der Waals surface area contributed by atoms with Gasteiger partial charge >= 0.3 is 0 Å². The van der Waals surface area contributed by atoms with Gasteiger partial charge in [-0.15, -0.1) is 0 Å². The maximum absolute atomic E-state index is 13.0. The van der Waals surface area contributed by atoms with Crippen LogP contribution in [-0.4, -0.2) is 15.2 Å². The zero-order valence-electron chi connectivity index (χ0n) is 8.07. The highest BCUT2D eigenvalue weighted by atomic mass is 32.1. The van der Waals surface area contributed by atoms with E-state index in [1.54, 1.807) is 18.5 Å². The average Bonchev–Trinajstić information content (AvgIpc) is 2.86. The van der Waals surface area contributed by atoms with E-state index in [1.165, 1.54) is 23.5 Å². The highest BCUT2D eigenvalue weighted by Crippen LogP contribution is 2.28. The lowest BCUT2D eigenvalue weighted by molar-refractivity contribution is 0.630. The lowest BCUT2D eigenvalue weighted by atomic mass is 10.3. The molecule has 16 heavy (non-hydrogen) atoms. The number of hydrogen-bond donors (Lipinski definition) is 2. The number of nitrogens with zero attached hydrogens (tertiary/aromatic N) is 2. The Labute approximate surface area is 94.1 Å². The molecule has 0 bridgehead atoms. The maximum Gasteiger partial charge on any atom is 0.188 e. The Morgan fingerprint density at radius 2 is 2.31 bits per heavy atom. The van der Waals surface area contributed by atoms with Crippen LogP contribution in [0.3, 0.4) is 0 Å². The third kappa shape index (κ3) is 1.63. The molecule has 0 atom stereocenters. The van der Waals surface area contributed by atoms with Crippen molar-refractivity contribution in [3.05, 3.63) is 36.4 Å². The lowest BCUT2D eigenvalue weighted by Gasteiger charge is -1.94. The van der Waals surface area contributed by atoms with Gasteiger partial charge in [0.25, 0.3) is 0 Å². The maximum atomic E-state index is 13.0. The summed E-state index contributed by atoms with van der Waals surface area (Å²) in [5, 5.41) is 10.3. The third-order valence-electron chi connectivity index (χ3n) is 2.10. The summed E-state index contributed by atoms with van der Waals surface area (Å²) in [6.07, 6.45) is 3.39. The van der Waals surface area contributed by atoms with E-state index in [4.69, 9.17) is 0 Å². The van der Waals surface area contributed by atoms with Gasteiger partial charge in [-0.25, -0.2) is 9.37 Å². The van der Waals surface area contributed by atoms with Crippen LogP contribution in [0, 0.1) is 5.82 Å². The molecule has 1 aromatic carbocycles. The normalized spacial score (nSPS) is 10.8. The smallest absolute Gasteiger partial charge is 0.188 e. The fourth-order valence-corrected chi connectivity index (χ4v) is 2.31. The summed E-state index contributed by atoms with van der Waals surface area (Å²) in [5.41, 5.74) is 1.62. The first-order valence-electron chi connectivity index (χ1n) is 4.63. The summed E-state index contributed by atoms with van der Waals surface area (Å²) in [4.78, 5) is 4.33. The van der Waals surface area contributed by atoms with Crippen molar-refractivity contribution in [3.63, 3.8) is 0 Å². The number of nitrogens with one attached hydrogen (secondary N) is 2. The summed E-state index contributed by atoms with van der Waals surface area (Å²) in [6, 6.07) is 4.55. The van der Waals surface area contributed by atoms with Crippen LogP contribution in [0.25, 0.3) is 10.2 Å². The fraction of sp³-hybridized carbons (Fsp3) is 0. The molecule has 0 aliphatic rings. The van der Waals surface area contributed by atoms with Gasteiger partial charge in [-0.3, -0.25) is 5.10 Å². The van der Waals surface area contributed by atoms with Crippen LogP contribution in [0.5, 0.6) is 0 Å². The number of benzene rings is 1. The van der Waals surface area contributed by atoms with Crippen LogP contribution in [0.15, 0.2) is 30.6 Å². The molecule has 0 unspecified atom stereocenters. The number of anilines is 2. The van der Waals surface area contributed by atoms with Gasteiger partial charge in [-0.05, 0) is 18.2 Å². The minimum absolute atomic E-state index is 0.244. The van der Waals surface area contributed by atoms with E-state index < -0.39 is 0 Å². The van der Waals surface area contributed by atoms with Crippen molar-refractivity contribution in [2.75, 3.05) is 5.32 Å². The number of fused-ring (bicyclic) bond motifs is 1. The van der Waals surface area contributed by atoms with E-state index in [0.29, 0.717) is 0 Å². The number of halogens is 1. The molecule has 2 heterocycles. The average molecular weight is 234 g/mol. The van der Waals surface area contributed by atoms with Crippen molar-refractivity contribution in [1.29, 1.82) is 0 Å². The van der Waals surface area contributed by atoms with E-state index in [-0.39, 0.29) is 5.82 Å². The Hall–Kier alpha value is -1.95. The molecule has 6 heteroatoms. The molecule has 0 saturated carbocycles. The minimum Gasteiger partial charge on any atom is -0.329 e. The molecular weight excluding hydrogens is 227 g/mol. The van der Waals surface area contributed by atoms with Crippen molar-refractivity contribution in [2.45, 2.75) is 0 Å². The van der Waals surface area contributed by atoms with E-state index >= 15 is 0 Å². The standard InChI is InChI=1S/C10H7FN4S/c11-6-1-2-8-9(3-6)16-10(15-8)14-7-4-12-13-5-7/h1-5H,(H,12,13)(H,14,15). The Kier molecular flexibility index (Phi) is 2.07. The molecule has 2 N–H and O–H groups in total. The summed E-state index contributed by atoms with van der Waals surface area (Å²) in [7, 11) is 0. The van der Waals surface area contributed by atoms with Crippen LogP contribution >= 0.6 is 11.3 Å². The number of aromatic amines is 1. The van der Waals surface area contributed by atoms with Crippen LogP contribution in [0.2, 0.25) is 0 Å². The summed E-state index contributed by atoms with van der Waals surface area (Å²) in [5.74, 6) is -0.244. The van der Waals surface area contributed by atoms with Gasteiger partial charge < -0.3 is 5.32 Å². The van der Waals surface area contributed by atoms with Crippen molar-refractivity contribution in [1.82, 2.24) is 15.2 Å². The summed E-state index contributed by atoms with van der Waals surface area (Å²) in [6.45, 7) is 0. The summed E-state index contributed by atoms with van der Waals surface area (Å²) < 4.78 is 13.8. The molecule has 3 aromatic rings. The second-order valence-electron chi connectivity index (χ2n) is 3.24. The number of thiazole rings is 1. The van der Waals surface area contributed by atoms with E-state index in [9.17, 15) is 4.39 Å². The van der Waals surface area contributed by atoms with Crippen LogP contribution in [0.1, 0.15) is 0 Å². The van der Waals surface area contributed by atoms with Crippen molar-refractivity contribution in [3.8, 4) is 0 Å². The van der Waals surface area contributed by atoms with E-state index in [0.717, 1.165) is 21.0 Å². The zero-order chi connectivity index (χ0) is 11.0. The van der Waals surface area contributed by atoms with Crippen LogP contribution in [-0.2, 0) is 0 Å². The highest BCUT2D eigenvalue weighted by Gasteiger charge is 2.05. The molecule has 0 spiro atoms. The second-order valence-corrected chi connectivity index (χ2v) is 4.27.